The summed E-state index contributed by atoms with van der Waals surface area (Å²) in [6.07, 6.45) is -4.47. The standard InChI is InChI=1S/C17H12F3NO2S2/c1-2-24-14-13(12-4-3-9-25-12)15(22)21(16(14)23)11-7-5-10(6-8-11)17(18,19)20/h3-9H,2H2,1H3. The summed E-state index contributed by atoms with van der Waals surface area (Å²) in [5.41, 5.74) is -0.388. The Morgan fingerprint density at radius 2 is 1.76 bits per heavy atom. The second-order valence-corrected chi connectivity index (χ2v) is 7.33. The predicted octanol–water partition coefficient (Wildman–Crippen LogP) is 4.80. The third kappa shape index (κ3) is 3.23. The molecule has 0 aliphatic carbocycles. The third-order valence-corrected chi connectivity index (χ3v) is 5.39. The normalized spacial score (nSPS) is 15.4. The Morgan fingerprint density at radius 1 is 1.08 bits per heavy atom. The van der Waals surface area contributed by atoms with Gasteiger partial charge in [0.1, 0.15) is 0 Å². The molecule has 130 valence electrons. The highest BCUT2D eigenvalue weighted by molar-refractivity contribution is 8.04. The minimum absolute atomic E-state index is 0.128. The first kappa shape index (κ1) is 17.8. The number of halogens is 3. The van der Waals surface area contributed by atoms with E-state index in [1.54, 1.807) is 17.5 Å². The summed E-state index contributed by atoms with van der Waals surface area (Å²) >= 11 is 2.60. The number of carbonyl (C=O) groups excluding carboxylic acids is 2. The molecule has 2 aromatic rings. The van der Waals surface area contributed by atoms with E-state index in [9.17, 15) is 22.8 Å². The summed E-state index contributed by atoms with van der Waals surface area (Å²) < 4.78 is 38.1. The Hall–Kier alpha value is -2.06. The lowest BCUT2D eigenvalue weighted by atomic mass is 10.2. The maximum atomic E-state index is 12.8. The zero-order valence-electron chi connectivity index (χ0n) is 13.0. The topological polar surface area (TPSA) is 37.4 Å². The summed E-state index contributed by atoms with van der Waals surface area (Å²) in [6.45, 7) is 1.86. The van der Waals surface area contributed by atoms with Crippen molar-refractivity contribution in [2.24, 2.45) is 0 Å². The fraction of sp³-hybridized carbons (Fsp3) is 0.176. The van der Waals surface area contributed by atoms with Gasteiger partial charge in [0.2, 0.25) is 0 Å². The van der Waals surface area contributed by atoms with Crippen LogP contribution in [-0.2, 0) is 15.8 Å². The average molecular weight is 383 g/mol. The van der Waals surface area contributed by atoms with E-state index in [-0.39, 0.29) is 5.69 Å². The highest BCUT2D eigenvalue weighted by atomic mass is 32.2. The maximum absolute atomic E-state index is 12.8. The summed E-state index contributed by atoms with van der Waals surface area (Å²) in [5.74, 6) is -0.410. The van der Waals surface area contributed by atoms with Gasteiger partial charge in [-0.15, -0.1) is 23.1 Å². The number of alkyl halides is 3. The van der Waals surface area contributed by atoms with Crippen LogP contribution in [0.25, 0.3) is 5.57 Å². The number of amides is 2. The lowest BCUT2D eigenvalue weighted by molar-refractivity contribution is -0.137. The van der Waals surface area contributed by atoms with E-state index < -0.39 is 23.6 Å². The van der Waals surface area contributed by atoms with Crippen molar-refractivity contribution in [3.05, 3.63) is 57.1 Å². The largest absolute Gasteiger partial charge is 0.416 e. The number of rotatable bonds is 4. The van der Waals surface area contributed by atoms with Crippen molar-refractivity contribution in [1.82, 2.24) is 0 Å². The molecule has 0 saturated carbocycles. The first-order valence-electron chi connectivity index (χ1n) is 7.31. The van der Waals surface area contributed by atoms with Gasteiger partial charge in [0.05, 0.1) is 21.7 Å². The Labute approximate surface area is 150 Å². The van der Waals surface area contributed by atoms with Gasteiger partial charge in [-0.25, -0.2) is 4.90 Å². The van der Waals surface area contributed by atoms with Gasteiger partial charge in [0, 0.05) is 4.88 Å². The van der Waals surface area contributed by atoms with Crippen molar-refractivity contribution in [2.75, 3.05) is 10.7 Å². The van der Waals surface area contributed by atoms with E-state index in [1.807, 2.05) is 6.92 Å². The highest BCUT2D eigenvalue weighted by Gasteiger charge is 2.40. The van der Waals surface area contributed by atoms with Crippen molar-refractivity contribution in [2.45, 2.75) is 13.1 Å². The van der Waals surface area contributed by atoms with E-state index in [1.165, 1.54) is 23.1 Å². The van der Waals surface area contributed by atoms with Gasteiger partial charge in [-0.05, 0) is 41.5 Å². The van der Waals surface area contributed by atoms with Crippen molar-refractivity contribution < 1.29 is 22.8 Å². The van der Waals surface area contributed by atoms with Gasteiger partial charge < -0.3 is 0 Å². The molecule has 1 aliphatic rings. The molecule has 3 nitrogen and oxygen atoms in total. The van der Waals surface area contributed by atoms with Crippen molar-refractivity contribution in [3.8, 4) is 0 Å². The molecule has 0 unspecified atom stereocenters. The van der Waals surface area contributed by atoms with Crippen LogP contribution in [0.1, 0.15) is 17.4 Å². The molecule has 3 rings (SSSR count). The molecule has 2 amide bonds. The molecule has 1 aliphatic heterocycles. The number of hydrogen-bond donors (Lipinski definition) is 0. The van der Waals surface area contributed by atoms with E-state index in [0.29, 0.717) is 21.1 Å². The molecule has 8 heteroatoms. The average Bonchev–Trinajstić information content (AvgIpc) is 3.15. The lowest BCUT2D eigenvalue weighted by Gasteiger charge is -2.16. The second-order valence-electron chi connectivity index (χ2n) is 5.10. The first-order valence-corrected chi connectivity index (χ1v) is 9.18. The van der Waals surface area contributed by atoms with Gasteiger partial charge in [-0.2, -0.15) is 13.2 Å². The monoisotopic (exact) mass is 383 g/mol. The molecular weight excluding hydrogens is 371 g/mol. The minimum Gasteiger partial charge on any atom is -0.268 e. The van der Waals surface area contributed by atoms with Gasteiger partial charge in [-0.3, -0.25) is 9.59 Å². The molecule has 0 spiro atoms. The molecule has 0 fully saturated rings. The Kier molecular flexibility index (Phi) is 4.75. The van der Waals surface area contributed by atoms with E-state index in [2.05, 4.69) is 0 Å². The van der Waals surface area contributed by atoms with E-state index >= 15 is 0 Å². The van der Waals surface area contributed by atoms with Crippen molar-refractivity contribution in [1.29, 1.82) is 0 Å². The zero-order valence-corrected chi connectivity index (χ0v) is 14.6. The predicted molar refractivity (Wildman–Crippen MR) is 93.3 cm³/mol. The quantitative estimate of drug-likeness (QED) is 0.712. The summed E-state index contributed by atoms with van der Waals surface area (Å²) in [5, 5.41) is 1.80. The fourth-order valence-electron chi connectivity index (χ4n) is 2.46. The number of thioether (sulfide) groups is 1. The summed E-state index contributed by atoms with van der Waals surface area (Å²) in [6, 6.07) is 7.54. The highest BCUT2D eigenvalue weighted by Crippen LogP contribution is 2.40. The molecule has 0 radical (unpaired) electrons. The summed E-state index contributed by atoms with van der Waals surface area (Å²) in [7, 11) is 0. The fourth-order valence-corrected chi connectivity index (χ4v) is 4.14. The molecule has 0 atom stereocenters. The van der Waals surface area contributed by atoms with E-state index in [0.717, 1.165) is 29.2 Å². The molecule has 25 heavy (non-hydrogen) atoms. The Morgan fingerprint density at radius 3 is 2.28 bits per heavy atom. The zero-order chi connectivity index (χ0) is 18.2. The van der Waals surface area contributed by atoms with Crippen LogP contribution in [-0.4, -0.2) is 17.6 Å². The number of benzene rings is 1. The number of anilines is 1. The molecule has 0 N–H and O–H groups in total. The number of nitrogens with zero attached hydrogens (tertiary/aromatic N) is 1. The SMILES string of the molecule is CCSC1=C(c2cccs2)C(=O)N(c2ccc(C(F)(F)F)cc2)C1=O. The Balaban J connectivity index is 2.00. The molecule has 2 heterocycles. The second kappa shape index (κ2) is 6.68. The van der Waals surface area contributed by atoms with Crippen LogP contribution >= 0.6 is 23.1 Å². The van der Waals surface area contributed by atoms with Crippen LogP contribution in [0.2, 0.25) is 0 Å². The van der Waals surface area contributed by atoms with Crippen LogP contribution in [0.5, 0.6) is 0 Å². The van der Waals surface area contributed by atoms with Crippen LogP contribution in [0.15, 0.2) is 46.7 Å². The molecule has 1 aromatic carbocycles. The number of thiophene rings is 1. The van der Waals surface area contributed by atoms with Gasteiger partial charge in [0.15, 0.2) is 0 Å². The molecular formula is C17H12F3NO2S2. The minimum atomic E-state index is -4.47. The van der Waals surface area contributed by atoms with E-state index in [4.69, 9.17) is 0 Å². The molecule has 0 saturated heterocycles. The van der Waals surface area contributed by atoms with Crippen molar-refractivity contribution in [3.63, 3.8) is 0 Å². The molecule has 1 aromatic heterocycles. The number of carbonyl (C=O) groups is 2. The van der Waals surface area contributed by atoms with Crippen molar-refractivity contribution >= 4 is 46.2 Å². The van der Waals surface area contributed by atoms with Crippen LogP contribution in [0, 0.1) is 0 Å². The van der Waals surface area contributed by atoms with Gasteiger partial charge in [0.25, 0.3) is 11.8 Å². The number of imide groups is 1. The van der Waals surface area contributed by atoms with Crippen LogP contribution < -0.4 is 4.90 Å². The summed E-state index contributed by atoms with van der Waals surface area (Å²) in [4.78, 5) is 27.4. The van der Waals surface area contributed by atoms with Crippen LogP contribution in [0.3, 0.4) is 0 Å². The third-order valence-electron chi connectivity index (χ3n) is 3.55. The lowest BCUT2D eigenvalue weighted by Crippen LogP contribution is -2.31. The molecule has 0 bridgehead atoms. The first-order chi connectivity index (χ1) is 11.8. The smallest absolute Gasteiger partial charge is 0.268 e. The number of hydrogen-bond acceptors (Lipinski definition) is 4. The Bertz CT molecular complexity index is 840. The van der Waals surface area contributed by atoms with Gasteiger partial charge >= 0.3 is 6.18 Å². The van der Waals surface area contributed by atoms with Crippen LogP contribution in [0.4, 0.5) is 18.9 Å². The van der Waals surface area contributed by atoms with Gasteiger partial charge in [-0.1, -0.05) is 13.0 Å². The maximum Gasteiger partial charge on any atom is 0.416 e.